The summed E-state index contributed by atoms with van der Waals surface area (Å²) in [5, 5.41) is 26.3. The normalized spacial score (nSPS) is 20.0. The number of cyclic esters (lactones) is 2. The lowest BCUT2D eigenvalue weighted by molar-refractivity contribution is -0.174. The van der Waals surface area contributed by atoms with Gasteiger partial charge in [0.1, 0.15) is 45.2 Å². The number of allylic oxidation sites excluding steroid dienone is 4. The number of carbonyl (C=O) groups is 10. The summed E-state index contributed by atoms with van der Waals surface area (Å²) in [6, 6.07) is 0. The molecule has 410 valence electrons. The predicted octanol–water partition coefficient (Wildman–Crippen LogP) is 5.60. The summed E-state index contributed by atoms with van der Waals surface area (Å²) < 4.78 is 39.5. The molecule has 2 aliphatic carbocycles. The number of ether oxygens (including phenoxy) is 8. The second-order valence-corrected chi connectivity index (χ2v) is 18.8. The Bertz CT molecular complexity index is 1950. The first-order valence-corrected chi connectivity index (χ1v) is 23.8. The first-order valence-electron chi connectivity index (χ1n) is 23.8. The van der Waals surface area contributed by atoms with Gasteiger partial charge in [0.25, 0.3) is 0 Å². The Hall–Kier alpha value is -6.48. The van der Waals surface area contributed by atoms with Crippen LogP contribution in [-0.2, 0) is 85.8 Å². The van der Waals surface area contributed by atoms with Crippen molar-refractivity contribution in [2.24, 2.45) is 39.9 Å². The first-order chi connectivity index (χ1) is 34.1. The average Bonchev–Trinajstić information content (AvgIpc) is 4.17. The lowest BCUT2D eigenvalue weighted by atomic mass is 9.83. The SMILES string of the molecule is C=CC(=O)O.C=CC(=O)OCC(COC(=O)C(C)(C)CC)OC(=O)C1CC=CCC1C(=O)O.C=CC(=O)OCC(O)COC(=O)C(C)(C)CC.CCC(C)(C)C(=O)OCC1CO1.O=C1OC(=O)C2CC=CCC12. The molecule has 0 aromatic heterocycles. The molecule has 0 aromatic carbocycles. The molecule has 3 N–H and O–H groups in total. The van der Waals surface area contributed by atoms with Gasteiger partial charge in [-0.3, -0.25) is 33.6 Å². The molecule has 4 rings (SSSR count). The molecule has 0 spiro atoms. The zero-order valence-electron chi connectivity index (χ0n) is 43.6. The monoisotopic (exact) mass is 1040 g/mol. The van der Waals surface area contributed by atoms with Crippen LogP contribution in [0.2, 0.25) is 0 Å². The summed E-state index contributed by atoms with van der Waals surface area (Å²) in [5.74, 6) is -7.93. The van der Waals surface area contributed by atoms with E-state index in [4.69, 9.17) is 33.5 Å². The maximum absolute atomic E-state index is 12.5. The number of epoxide rings is 1. The van der Waals surface area contributed by atoms with Gasteiger partial charge < -0.3 is 53.2 Å². The Balaban J connectivity index is 0.000000977. The number of hydrogen-bond acceptors (Lipinski definition) is 19. The van der Waals surface area contributed by atoms with E-state index in [-0.39, 0.29) is 86.5 Å². The third-order valence-electron chi connectivity index (χ3n) is 11.8. The molecule has 21 nitrogen and oxygen atoms in total. The highest BCUT2D eigenvalue weighted by atomic mass is 16.6. The number of rotatable bonds is 22. The van der Waals surface area contributed by atoms with E-state index in [1.807, 2.05) is 46.8 Å². The number of hydrogen-bond donors (Lipinski definition) is 3. The van der Waals surface area contributed by atoms with Crippen LogP contribution in [0, 0.1) is 39.9 Å². The van der Waals surface area contributed by atoms with Gasteiger partial charge in [0.05, 0.1) is 46.5 Å². The minimum atomic E-state index is -1.09. The van der Waals surface area contributed by atoms with Gasteiger partial charge in [0, 0.05) is 18.2 Å². The van der Waals surface area contributed by atoms with Crippen molar-refractivity contribution < 1.29 is 101 Å². The van der Waals surface area contributed by atoms with Gasteiger partial charge in [-0.1, -0.05) is 64.8 Å². The van der Waals surface area contributed by atoms with Gasteiger partial charge in [-0.25, -0.2) is 14.4 Å². The molecule has 2 fully saturated rings. The maximum atomic E-state index is 12.5. The predicted molar refractivity (Wildman–Crippen MR) is 260 cm³/mol. The van der Waals surface area contributed by atoms with Crippen molar-refractivity contribution in [1.82, 2.24) is 0 Å². The summed E-state index contributed by atoms with van der Waals surface area (Å²) >= 11 is 0. The molecule has 21 heteroatoms. The minimum Gasteiger partial charge on any atom is -0.481 e. The van der Waals surface area contributed by atoms with Crippen LogP contribution >= 0.6 is 0 Å². The van der Waals surface area contributed by atoms with Crippen molar-refractivity contribution in [3.05, 3.63) is 62.3 Å². The van der Waals surface area contributed by atoms with Gasteiger partial charge in [0.2, 0.25) is 0 Å². The fourth-order valence-electron chi connectivity index (χ4n) is 5.51. The molecule has 2 saturated heterocycles. The van der Waals surface area contributed by atoms with E-state index in [1.54, 1.807) is 39.8 Å². The third-order valence-corrected chi connectivity index (χ3v) is 11.8. The van der Waals surface area contributed by atoms with Crippen LogP contribution in [-0.4, -0.2) is 133 Å². The highest BCUT2D eigenvalue weighted by Gasteiger charge is 2.44. The number of aliphatic hydroxyl groups is 1. The Morgan fingerprint density at radius 1 is 0.616 bits per heavy atom. The van der Waals surface area contributed by atoms with E-state index >= 15 is 0 Å². The highest BCUT2D eigenvalue weighted by Crippen LogP contribution is 2.33. The Labute approximate surface area is 427 Å². The Kier molecular flexibility index (Phi) is 30.3. The molecule has 4 aliphatic rings. The molecule has 0 aromatic rings. The number of carboxylic acid groups (broad SMARTS) is 2. The molecule has 0 radical (unpaired) electrons. The number of carboxylic acids is 2. The summed E-state index contributed by atoms with van der Waals surface area (Å²) in [4.78, 5) is 112. The summed E-state index contributed by atoms with van der Waals surface area (Å²) in [6.07, 6.45) is 12.0. The average molecular weight is 1040 g/mol. The number of esters is 8. The molecule has 7 unspecified atom stereocenters. The van der Waals surface area contributed by atoms with Crippen LogP contribution in [0.25, 0.3) is 0 Å². The van der Waals surface area contributed by atoms with Crippen molar-refractivity contribution in [2.45, 2.75) is 126 Å². The fraction of sp³-hybridized carbons (Fsp3) is 0.615. The van der Waals surface area contributed by atoms with Crippen molar-refractivity contribution in [3.63, 3.8) is 0 Å². The van der Waals surface area contributed by atoms with E-state index in [9.17, 15) is 58.2 Å². The molecular weight excluding hydrogens is 961 g/mol. The molecule has 0 amide bonds. The number of carbonyl (C=O) groups excluding carboxylic acids is 8. The zero-order valence-corrected chi connectivity index (χ0v) is 43.6. The second kappa shape index (κ2) is 33.3. The highest BCUT2D eigenvalue weighted by molar-refractivity contribution is 5.96. The Morgan fingerprint density at radius 2 is 0.986 bits per heavy atom. The lowest BCUT2D eigenvalue weighted by Crippen LogP contribution is -2.38. The van der Waals surface area contributed by atoms with Crippen molar-refractivity contribution in [3.8, 4) is 0 Å². The van der Waals surface area contributed by atoms with Gasteiger partial charge in [-0.2, -0.15) is 0 Å². The Morgan fingerprint density at radius 3 is 1.38 bits per heavy atom. The van der Waals surface area contributed by atoms with Gasteiger partial charge in [0.15, 0.2) is 6.10 Å². The molecule has 2 heterocycles. The largest absolute Gasteiger partial charge is 0.481 e. The molecule has 0 saturated carbocycles. The lowest BCUT2D eigenvalue weighted by Gasteiger charge is -2.27. The smallest absolute Gasteiger partial charge is 0.330 e. The van der Waals surface area contributed by atoms with Crippen LogP contribution in [0.5, 0.6) is 0 Å². The molecule has 73 heavy (non-hydrogen) atoms. The van der Waals surface area contributed by atoms with E-state index in [0.717, 1.165) is 31.3 Å². The summed E-state index contributed by atoms with van der Waals surface area (Å²) in [5.41, 5.74) is -1.64. The van der Waals surface area contributed by atoms with Crippen LogP contribution in [0.4, 0.5) is 0 Å². The number of fused-ring (bicyclic) bond motifs is 1. The third kappa shape index (κ3) is 26.2. The number of aliphatic hydroxyl groups excluding tert-OH is 1. The molecule has 7 atom stereocenters. The van der Waals surface area contributed by atoms with Crippen LogP contribution in [0.15, 0.2) is 62.3 Å². The topological polar surface area (TPSA) is 309 Å². The van der Waals surface area contributed by atoms with Crippen molar-refractivity contribution >= 4 is 59.7 Å². The quantitative estimate of drug-likeness (QED) is 0.0296. The van der Waals surface area contributed by atoms with Gasteiger partial charge >= 0.3 is 59.7 Å². The van der Waals surface area contributed by atoms with Crippen LogP contribution in [0.1, 0.15) is 107 Å². The molecular formula is C52H76O21. The number of aliphatic carboxylic acids is 2. The van der Waals surface area contributed by atoms with E-state index < -0.39 is 70.7 Å². The van der Waals surface area contributed by atoms with E-state index in [1.165, 1.54) is 0 Å². The minimum absolute atomic E-state index is 0.125. The fourth-order valence-corrected chi connectivity index (χ4v) is 5.51. The van der Waals surface area contributed by atoms with Gasteiger partial charge in [-0.05, 0) is 86.5 Å². The zero-order chi connectivity index (χ0) is 56.1. The van der Waals surface area contributed by atoms with Gasteiger partial charge in [-0.15, -0.1) is 0 Å². The molecule has 2 aliphatic heterocycles. The standard InChI is InChI=1S/C20H28O8.C12H20O5.C9H16O3.C8H8O3.C3H4O2/c1-5-16(21)26-11-13(12-27-19(25)20(3,4)6-2)28-18(24)15-10-8-7-9-14(15)17(22)23;1-5-10(14)16-7-9(13)8-17-11(15)12(3,4)6-2;1-4-9(2,3)8(10)12-6-7-5-11-7;9-7-5-3-1-2-4-6(5)8(10)11-7;1-2-3(4)5/h5,7-8,13-15H,1,6,9-12H2,2-4H3,(H,22,23);5,9,13H,1,6-8H2,2-4H3;7H,4-6H2,1-3H3;1-2,5-6H,3-4H2;2H,1H2,(H,4,5). The second-order valence-electron chi connectivity index (χ2n) is 18.8. The summed E-state index contributed by atoms with van der Waals surface area (Å²) in [7, 11) is 0. The van der Waals surface area contributed by atoms with Crippen molar-refractivity contribution in [1.29, 1.82) is 0 Å². The van der Waals surface area contributed by atoms with Crippen LogP contribution < -0.4 is 0 Å². The first kappa shape index (κ1) is 66.5. The summed E-state index contributed by atoms with van der Waals surface area (Å²) in [6.45, 7) is 26.0. The van der Waals surface area contributed by atoms with E-state index in [2.05, 4.69) is 29.2 Å². The maximum Gasteiger partial charge on any atom is 0.330 e. The van der Waals surface area contributed by atoms with Crippen LogP contribution in [0.3, 0.4) is 0 Å². The van der Waals surface area contributed by atoms with E-state index in [0.29, 0.717) is 32.3 Å². The molecule has 0 bridgehead atoms. The van der Waals surface area contributed by atoms with Crippen molar-refractivity contribution in [2.75, 3.05) is 39.6 Å².